The summed E-state index contributed by atoms with van der Waals surface area (Å²) in [5.41, 5.74) is 2.70. The number of nitrogens with one attached hydrogen (secondary N) is 1. The minimum absolute atomic E-state index is 0.0576. The Morgan fingerprint density at radius 2 is 1.43 bits per heavy atom. The first kappa shape index (κ1) is 26.8. The second-order valence-corrected chi connectivity index (χ2v) is 11.0. The van der Waals surface area contributed by atoms with Crippen LogP contribution in [0, 0.1) is 0 Å². The molecule has 3 rings (SSSR count). The first-order chi connectivity index (χ1) is 16.7. The molecule has 0 saturated carbocycles. The molecule has 1 atom stereocenters. The summed E-state index contributed by atoms with van der Waals surface area (Å²) in [6, 6.07) is 26.7. The van der Waals surface area contributed by atoms with E-state index in [0.717, 1.165) is 16.7 Å². The molecule has 3 aromatic carbocycles. The predicted octanol–water partition coefficient (Wildman–Crippen LogP) is 6.13. The van der Waals surface area contributed by atoms with Gasteiger partial charge in [-0.05, 0) is 49.6 Å². The van der Waals surface area contributed by atoms with Crippen LogP contribution in [0.2, 0.25) is 5.02 Å². The van der Waals surface area contributed by atoms with E-state index in [1.165, 1.54) is 0 Å². The minimum Gasteiger partial charge on any atom is -0.350 e. The summed E-state index contributed by atoms with van der Waals surface area (Å²) in [4.78, 5) is 28.8. The van der Waals surface area contributed by atoms with Crippen molar-refractivity contribution in [2.45, 2.75) is 51.1 Å². The summed E-state index contributed by atoms with van der Waals surface area (Å²) >= 11 is 7.53. The third kappa shape index (κ3) is 9.08. The van der Waals surface area contributed by atoms with E-state index < -0.39 is 11.6 Å². The average molecular weight is 509 g/mol. The van der Waals surface area contributed by atoms with Crippen LogP contribution in [-0.2, 0) is 28.3 Å². The fraction of sp³-hybridized carbons (Fsp3) is 0.310. The summed E-state index contributed by atoms with van der Waals surface area (Å²) < 4.78 is 0. The van der Waals surface area contributed by atoms with Gasteiger partial charge in [-0.15, -0.1) is 11.8 Å². The predicted molar refractivity (Wildman–Crippen MR) is 146 cm³/mol. The minimum atomic E-state index is -0.625. The fourth-order valence-electron chi connectivity index (χ4n) is 3.71. The van der Waals surface area contributed by atoms with E-state index in [4.69, 9.17) is 11.6 Å². The smallest absolute Gasteiger partial charge is 0.243 e. The quantitative estimate of drug-likeness (QED) is 0.358. The van der Waals surface area contributed by atoms with Crippen molar-refractivity contribution in [2.24, 2.45) is 0 Å². The number of hydrogen-bond donors (Lipinski definition) is 1. The Labute approximate surface area is 218 Å². The van der Waals surface area contributed by atoms with Gasteiger partial charge in [-0.1, -0.05) is 84.4 Å². The molecule has 1 N–H and O–H groups in total. The van der Waals surface area contributed by atoms with Gasteiger partial charge in [-0.25, -0.2) is 0 Å². The number of amides is 2. The van der Waals surface area contributed by atoms with Gasteiger partial charge >= 0.3 is 0 Å². The molecule has 0 aliphatic carbocycles. The average Bonchev–Trinajstić information content (AvgIpc) is 2.82. The molecule has 6 heteroatoms. The summed E-state index contributed by atoms with van der Waals surface area (Å²) in [5.74, 6) is 0.773. The van der Waals surface area contributed by atoms with Gasteiger partial charge < -0.3 is 10.2 Å². The molecule has 0 fully saturated rings. The summed E-state index contributed by atoms with van der Waals surface area (Å²) in [6.45, 7) is 6.23. The Kier molecular flexibility index (Phi) is 9.82. The summed E-state index contributed by atoms with van der Waals surface area (Å²) in [5, 5.41) is 3.79. The summed E-state index contributed by atoms with van der Waals surface area (Å²) in [6.07, 6.45) is 0.448. The van der Waals surface area contributed by atoms with Crippen LogP contribution in [0.25, 0.3) is 0 Å². The number of thioether (sulfide) groups is 1. The lowest BCUT2D eigenvalue weighted by Crippen LogP contribution is -2.54. The first-order valence-corrected chi connectivity index (χ1v) is 13.3. The van der Waals surface area contributed by atoms with Crippen LogP contribution in [0.1, 0.15) is 37.5 Å². The van der Waals surface area contributed by atoms with Crippen LogP contribution in [0.15, 0.2) is 84.9 Å². The number of benzene rings is 3. The van der Waals surface area contributed by atoms with Gasteiger partial charge in [0, 0.05) is 29.3 Å². The lowest BCUT2D eigenvalue weighted by molar-refractivity contribution is -0.140. The normalized spacial score (nSPS) is 12.1. The fourth-order valence-corrected chi connectivity index (χ4v) is 4.70. The molecule has 0 aromatic heterocycles. The molecule has 0 saturated heterocycles. The van der Waals surface area contributed by atoms with Crippen LogP contribution in [0.5, 0.6) is 0 Å². The molecule has 0 bridgehead atoms. The molecule has 0 aliphatic heterocycles. The Balaban J connectivity index is 1.83. The number of rotatable bonds is 10. The standard InChI is InChI=1S/C29H33ClN2O2S/c1-29(2,3)31-28(34)26(18-22-10-6-4-7-11-22)32(19-23-12-8-5-9-13-23)27(33)21-35-20-24-14-16-25(30)17-15-24/h4-17,26H,18-21H2,1-3H3,(H,31,34)/t26-/m0/s1. The largest absolute Gasteiger partial charge is 0.350 e. The Morgan fingerprint density at radius 3 is 2.00 bits per heavy atom. The molecular formula is C29H33ClN2O2S. The van der Waals surface area contributed by atoms with Crippen molar-refractivity contribution in [2.75, 3.05) is 5.75 Å². The van der Waals surface area contributed by atoms with Crippen molar-refractivity contribution >= 4 is 35.2 Å². The molecule has 0 radical (unpaired) electrons. The second-order valence-electron chi connectivity index (χ2n) is 9.57. The zero-order valence-electron chi connectivity index (χ0n) is 20.5. The topological polar surface area (TPSA) is 49.4 Å². The van der Waals surface area contributed by atoms with Gasteiger partial charge in [-0.3, -0.25) is 9.59 Å². The van der Waals surface area contributed by atoms with Crippen molar-refractivity contribution in [3.63, 3.8) is 0 Å². The second kappa shape index (κ2) is 12.8. The third-order valence-electron chi connectivity index (χ3n) is 5.37. The molecule has 184 valence electrons. The maximum Gasteiger partial charge on any atom is 0.243 e. The van der Waals surface area contributed by atoms with E-state index >= 15 is 0 Å². The van der Waals surface area contributed by atoms with Gasteiger partial charge in [0.25, 0.3) is 0 Å². The third-order valence-corrected chi connectivity index (χ3v) is 6.61. The monoisotopic (exact) mass is 508 g/mol. The number of carbonyl (C=O) groups excluding carboxylic acids is 2. The number of halogens is 1. The zero-order valence-corrected chi connectivity index (χ0v) is 22.1. The van der Waals surface area contributed by atoms with Crippen molar-refractivity contribution in [3.8, 4) is 0 Å². The van der Waals surface area contributed by atoms with Gasteiger partial charge in [0.15, 0.2) is 0 Å². The maximum absolute atomic E-state index is 13.6. The van der Waals surface area contributed by atoms with Gasteiger partial charge in [0.05, 0.1) is 5.75 Å². The number of nitrogens with zero attached hydrogens (tertiary/aromatic N) is 1. The van der Waals surface area contributed by atoms with Crippen LogP contribution in [0.4, 0.5) is 0 Å². The lowest BCUT2D eigenvalue weighted by Gasteiger charge is -2.34. The van der Waals surface area contributed by atoms with E-state index in [1.54, 1.807) is 16.7 Å². The summed E-state index contributed by atoms with van der Waals surface area (Å²) in [7, 11) is 0. The molecule has 4 nitrogen and oxygen atoms in total. The Bertz CT molecular complexity index is 1080. The lowest BCUT2D eigenvalue weighted by atomic mass is 10.0. The van der Waals surface area contributed by atoms with Crippen molar-refractivity contribution in [1.29, 1.82) is 0 Å². The number of carbonyl (C=O) groups is 2. The highest BCUT2D eigenvalue weighted by atomic mass is 35.5. The van der Waals surface area contributed by atoms with Gasteiger partial charge in [0.2, 0.25) is 11.8 Å². The highest BCUT2D eigenvalue weighted by Crippen LogP contribution is 2.20. The molecule has 2 amide bonds. The van der Waals surface area contributed by atoms with E-state index in [-0.39, 0.29) is 17.6 Å². The van der Waals surface area contributed by atoms with E-state index in [9.17, 15) is 9.59 Å². The van der Waals surface area contributed by atoms with Crippen LogP contribution in [-0.4, -0.2) is 34.0 Å². The van der Waals surface area contributed by atoms with Crippen LogP contribution in [0.3, 0.4) is 0 Å². The molecule has 0 unspecified atom stereocenters. The molecule has 0 heterocycles. The first-order valence-electron chi connectivity index (χ1n) is 11.7. The van der Waals surface area contributed by atoms with E-state index in [0.29, 0.717) is 23.7 Å². The molecule has 0 spiro atoms. The van der Waals surface area contributed by atoms with E-state index in [1.807, 2.05) is 106 Å². The molecule has 0 aliphatic rings. The van der Waals surface area contributed by atoms with Crippen LogP contribution < -0.4 is 5.32 Å². The maximum atomic E-state index is 13.6. The Hall–Kier alpha value is -2.76. The molecule has 3 aromatic rings. The molecule has 35 heavy (non-hydrogen) atoms. The van der Waals surface area contributed by atoms with Crippen molar-refractivity contribution in [1.82, 2.24) is 10.2 Å². The number of hydrogen-bond acceptors (Lipinski definition) is 3. The highest BCUT2D eigenvalue weighted by Gasteiger charge is 2.32. The zero-order chi connectivity index (χ0) is 25.3. The van der Waals surface area contributed by atoms with Crippen molar-refractivity contribution in [3.05, 3.63) is 107 Å². The van der Waals surface area contributed by atoms with Gasteiger partial charge in [0.1, 0.15) is 6.04 Å². The van der Waals surface area contributed by atoms with Crippen LogP contribution >= 0.6 is 23.4 Å². The van der Waals surface area contributed by atoms with Crippen molar-refractivity contribution < 1.29 is 9.59 Å². The van der Waals surface area contributed by atoms with Gasteiger partial charge in [-0.2, -0.15) is 0 Å². The Morgan fingerprint density at radius 1 is 0.857 bits per heavy atom. The highest BCUT2D eigenvalue weighted by molar-refractivity contribution is 7.99. The van der Waals surface area contributed by atoms with E-state index in [2.05, 4.69) is 5.32 Å². The SMILES string of the molecule is CC(C)(C)NC(=O)[C@H](Cc1ccccc1)N(Cc1ccccc1)C(=O)CSCc1ccc(Cl)cc1. The molecular weight excluding hydrogens is 476 g/mol.